The number of benzene rings is 2. The Morgan fingerprint density at radius 1 is 1.00 bits per heavy atom. The fourth-order valence-electron chi connectivity index (χ4n) is 4.12. The second-order valence-corrected chi connectivity index (χ2v) is 11.2. The van der Waals surface area contributed by atoms with Gasteiger partial charge in [0.05, 0.1) is 7.11 Å². The van der Waals surface area contributed by atoms with Crippen molar-refractivity contribution >= 4 is 50.5 Å². The van der Waals surface area contributed by atoms with Crippen LogP contribution >= 0.6 is 0 Å². The maximum absolute atomic E-state index is 13.5. The lowest BCUT2D eigenvalue weighted by atomic mass is 10.0. The number of hydrogen-bond acceptors (Lipinski definition) is 8. The van der Waals surface area contributed by atoms with Crippen LogP contribution in [0.15, 0.2) is 54.7 Å². The first-order valence-electron chi connectivity index (χ1n) is 12.8. The van der Waals surface area contributed by atoms with Gasteiger partial charge in [0.2, 0.25) is 27.7 Å². The summed E-state index contributed by atoms with van der Waals surface area (Å²) in [5.74, 6) is -4.34. The summed E-state index contributed by atoms with van der Waals surface area (Å²) in [4.78, 5) is 52.8. The molecule has 0 fully saturated rings. The Labute approximate surface area is 242 Å². The van der Waals surface area contributed by atoms with Gasteiger partial charge in [-0.05, 0) is 30.0 Å². The Morgan fingerprint density at radius 3 is 2.33 bits per heavy atom. The molecule has 9 N–H and O–H groups in total. The molecule has 0 radical (unpaired) electrons. The van der Waals surface area contributed by atoms with Gasteiger partial charge in [-0.2, -0.15) is 0 Å². The number of carbonyl (C=O) groups is 4. The standard InChI is InChI=1S/C27H33N7O7S/c1-41-24(36)15-42(39,40)34-22(12-18-14-31-20-5-3-2-4-19(18)20)27(38)33-21(10-11-23(28)35)26(37)32-13-16-6-8-17(9-7-16)25(29)30/h2-9,14,21-22,31,34H,10-13,15H2,1H3,(H2,28,35)(H3,29,30)(H,32,37)(H,33,38)/t21-,22+/m0/s1. The van der Waals surface area contributed by atoms with E-state index < -0.39 is 51.6 Å². The molecule has 0 spiro atoms. The fourth-order valence-corrected chi connectivity index (χ4v) is 5.26. The minimum atomic E-state index is -4.33. The molecule has 42 heavy (non-hydrogen) atoms. The third kappa shape index (κ3) is 9.14. The van der Waals surface area contributed by atoms with Crippen LogP contribution in [0.25, 0.3) is 10.9 Å². The van der Waals surface area contributed by atoms with Crippen molar-refractivity contribution in [1.29, 1.82) is 5.41 Å². The summed E-state index contributed by atoms with van der Waals surface area (Å²) in [6.07, 6.45) is 1.13. The Kier molecular flexibility index (Phi) is 10.8. The number of amides is 3. The van der Waals surface area contributed by atoms with Crippen molar-refractivity contribution in [3.63, 3.8) is 0 Å². The molecule has 0 aliphatic carbocycles. The zero-order valence-electron chi connectivity index (χ0n) is 22.8. The van der Waals surface area contributed by atoms with E-state index >= 15 is 0 Å². The number of para-hydroxylation sites is 1. The number of amidine groups is 1. The highest BCUT2D eigenvalue weighted by Crippen LogP contribution is 2.19. The smallest absolute Gasteiger partial charge is 0.322 e. The summed E-state index contributed by atoms with van der Waals surface area (Å²) in [5, 5.41) is 13.4. The van der Waals surface area contributed by atoms with Gasteiger partial charge in [0.25, 0.3) is 0 Å². The number of sulfonamides is 1. The lowest BCUT2D eigenvalue weighted by Crippen LogP contribution is -2.55. The molecule has 2 atom stereocenters. The van der Waals surface area contributed by atoms with Crippen molar-refractivity contribution in [1.82, 2.24) is 20.3 Å². The van der Waals surface area contributed by atoms with Crippen LogP contribution in [0.1, 0.15) is 29.5 Å². The fraction of sp³-hybridized carbons (Fsp3) is 0.296. The van der Waals surface area contributed by atoms with Gasteiger partial charge in [-0.1, -0.05) is 42.5 Å². The number of aromatic amines is 1. The average Bonchev–Trinajstić information content (AvgIpc) is 3.35. The second-order valence-electron chi connectivity index (χ2n) is 9.46. The number of carbonyl (C=O) groups excluding carboxylic acids is 4. The van der Waals surface area contributed by atoms with Crippen molar-refractivity contribution < 1.29 is 32.3 Å². The molecule has 0 unspecified atom stereocenters. The van der Waals surface area contributed by atoms with Crippen LogP contribution in [-0.4, -0.2) is 67.9 Å². The van der Waals surface area contributed by atoms with Crippen molar-refractivity contribution in [3.05, 3.63) is 71.4 Å². The first kappa shape index (κ1) is 31.8. The highest BCUT2D eigenvalue weighted by atomic mass is 32.2. The minimum absolute atomic E-state index is 0.0600. The molecule has 15 heteroatoms. The number of rotatable bonds is 15. The molecule has 0 saturated carbocycles. The number of primary amides is 1. The maximum Gasteiger partial charge on any atom is 0.322 e. The van der Waals surface area contributed by atoms with Gasteiger partial charge in [-0.15, -0.1) is 0 Å². The van der Waals surface area contributed by atoms with Crippen molar-refractivity contribution in [2.24, 2.45) is 11.5 Å². The van der Waals surface area contributed by atoms with Gasteiger partial charge in [0.1, 0.15) is 17.9 Å². The summed E-state index contributed by atoms with van der Waals surface area (Å²) in [5.41, 5.74) is 13.3. The molecule has 3 rings (SSSR count). The number of methoxy groups -OCH3 is 1. The van der Waals surface area contributed by atoms with Crippen LogP contribution in [0.2, 0.25) is 0 Å². The number of ether oxygens (including phenoxy) is 1. The van der Waals surface area contributed by atoms with Crippen molar-refractivity contribution in [3.8, 4) is 0 Å². The molecule has 3 aromatic rings. The summed E-state index contributed by atoms with van der Waals surface area (Å²) in [7, 11) is -3.29. The zero-order chi connectivity index (χ0) is 30.9. The van der Waals surface area contributed by atoms with E-state index in [4.69, 9.17) is 16.9 Å². The Bertz CT molecular complexity index is 1570. The van der Waals surface area contributed by atoms with Crippen molar-refractivity contribution in [2.45, 2.75) is 37.9 Å². The van der Waals surface area contributed by atoms with E-state index in [0.717, 1.165) is 18.0 Å². The molecule has 224 valence electrons. The first-order valence-corrected chi connectivity index (χ1v) is 14.4. The van der Waals surface area contributed by atoms with E-state index in [2.05, 4.69) is 25.1 Å². The van der Waals surface area contributed by atoms with Crippen LogP contribution < -0.4 is 26.8 Å². The third-order valence-electron chi connectivity index (χ3n) is 6.32. The zero-order valence-corrected chi connectivity index (χ0v) is 23.6. The molecule has 2 aromatic carbocycles. The van der Waals surface area contributed by atoms with E-state index in [1.165, 1.54) is 0 Å². The molecular formula is C27H33N7O7S. The summed E-state index contributed by atoms with van der Waals surface area (Å²) >= 11 is 0. The highest BCUT2D eigenvalue weighted by Gasteiger charge is 2.31. The average molecular weight is 600 g/mol. The van der Waals surface area contributed by atoms with Crippen LogP contribution in [0, 0.1) is 5.41 Å². The van der Waals surface area contributed by atoms with E-state index in [0.29, 0.717) is 16.7 Å². The number of H-pyrrole nitrogens is 1. The SMILES string of the molecule is COC(=O)CS(=O)(=O)N[C@H](Cc1c[nH]c2ccccc12)C(=O)N[C@@H](CCC(N)=O)C(=O)NCc1ccc(C(=N)N)cc1. The monoisotopic (exact) mass is 599 g/mol. The molecule has 1 aromatic heterocycles. The van der Waals surface area contributed by atoms with Gasteiger partial charge < -0.3 is 31.8 Å². The molecule has 0 aliphatic rings. The number of nitrogen functional groups attached to an aromatic ring is 1. The van der Waals surface area contributed by atoms with Crippen LogP contribution in [0.5, 0.6) is 0 Å². The number of esters is 1. The van der Waals surface area contributed by atoms with Crippen LogP contribution in [0.4, 0.5) is 0 Å². The maximum atomic E-state index is 13.5. The predicted octanol–water partition coefficient (Wildman–Crippen LogP) is -0.478. The number of hydrogen-bond donors (Lipinski definition) is 7. The summed E-state index contributed by atoms with van der Waals surface area (Å²) < 4.78 is 32.1. The van der Waals surface area contributed by atoms with Crippen LogP contribution in [-0.2, 0) is 46.9 Å². The molecule has 0 saturated heterocycles. The Balaban J connectivity index is 1.81. The second kappa shape index (κ2) is 14.2. The molecule has 3 amide bonds. The van der Waals surface area contributed by atoms with Crippen LogP contribution in [0.3, 0.4) is 0 Å². The lowest BCUT2D eigenvalue weighted by molar-refractivity contribution is -0.137. The molecule has 14 nitrogen and oxygen atoms in total. The minimum Gasteiger partial charge on any atom is -0.468 e. The highest BCUT2D eigenvalue weighted by molar-refractivity contribution is 7.90. The third-order valence-corrected chi connectivity index (χ3v) is 7.58. The Morgan fingerprint density at radius 2 is 1.69 bits per heavy atom. The first-order chi connectivity index (χ1) is 19.9. The lowest BCUT2D eigenvalue weighted by Gasteiger charge is -2.23. The summed E-state index contributed by atoms with van der Waals surface area (Å²) in [6, 6.07) is 11.1. The molecular weight excluding hydrogens is 566 g/mol. The van der Waals surface area contributed by atoms with E-state index in [1.807, 2.05) is 12.1 Å². The van der Waals surface area contributed by atoms with Gasteiger partial charge in [-0.3, -0.25) is 24.6 Å². The number of nitrogens with two attached hydrogens (primary N) is 2. The number of fused-ring (bicyclic) bond motifs is 1. The van der Waals surface area contributed by atoms with E-state index in [-0.39, 0.29) is 31.6 Å². The normalized spacial score (nSPS) is 12.7. The molecule has 0 aliphatic heterocycles. The molecule has 0 bridgehead atoms. The summed E-state index contributed by atoms with van der Waals surface area (Å²) in [6.45, 7) is 0.0600. The van der Waals surface area contributed by atoms with Gasteiger partial charge in [0, 0.05) is 35.6 Å². The van der Waals surface area contributed by atoms with Gasteiger partial charge in [0.15, 0.2) is 5.75 Å². The molecule has 1 heterocycles. The quantitative estimate of drug-likeness (QED) is 0.0682. The Hall–Kier alpha value is -4.76. The van der Waals surface area contributed by atoms with Gasteiger partial charge in [-0.25, -0.2) is 13.1 Å². The predicted molar refractivity (Wildman–Crippen MR) is 154 cm³/mol. The number of aromatic nitrogens is 1. The largest absolute Gasteiger partial charge is 0.468 e. The number of nitrogens with one attached hydrogen (secondary N) is 5. The van der Waals surface area contributed by atoms with E-state index in [1.54, 1.807) is 42.6 Å². The van der Waals surface area contributed by atoms with Gasteiger partial charge >= 0.3 is 5.97 Å². The van der Waals surface area contributed by atoms with Crippen molar-refractivity contribution in [2.75, 3.05) is 12.9 Å². The van der Waals surface area contributed by atoms with E-state index in [9.17, 15) is 27.6 Å². The topological polar surface area (TPSA) is 239 Å².